The molecule has 1 saturated heterocycles. The van der Waals surface area contributed by atoms with Crippen LogP contribution < -0.4 is 0 Å². The van der Waals surface area contributed by atoms with Gasteiger partial charge in [-0.25, -0.2) is 0 Å². The van der Waals surface area contributed by atoms with Gasteiger partial charge < -0.3 is 0 Å². The molecule has 0 saturated carbocycles. The number of rotatable bonds is 0. The van der Waals surface area contributed by atoms with Gasteiger partial charge in [-0.05, 0) is 40.9 Å². The molecular formula is C13H17P. The summed E-state index contributed by atoms with van der Waals surface area (Å²) in [5.41, 5.74) is 3.82. The van der Waals surface area contributed by atoms with Crippen LogP contribution in [0, 0.1) is 5.92 Å². The van der Waals surface area contributed by atoms with Crippen LogP contribution >= 0.6 is 7.92 Å². The van der Waals surface area contributed by atoms with E-state index in [0.29, 0.717) is 13.3 Å². The van der Waals surface area contributed by atoms with E-state index in [1.54, 1.807) is 11.1 Å². The average Bonchev–Trinajstić information content (AvgIpc) is 2.39. The molecule has 0 radical (unpaired) electrons. The van der Waals surface area contributed by atoms with Gasteiger partial charge >= 0.3 is 0 Å². The van der Waals surface area contributed by atoms with Crippen LogP contribution in [0.3, 0.4) is 0 Å². The SMILES string of the molecule is C[C@@H]1C[P@@]2Cc3ccccc3[C@@]1(C)C2. The van der Waals surface area contributed by atoms with Crippen LogP contribution in [-0.2, 0) is 11.6 Å². The third-order valence-electron chi connectivity index (χ3n) is 4.20. The molecular weight excluding hydrogens is 187 g/mol. The first-order chi connectivity index (χ1) is 6.70. The predicted octanol–water partition coefficient (Wildman–Crippen LogP) is 3.59. The first kappa shape index (κ1) is 8.92. The van der Waals surface area contributed by atoms with Crippen molar-refractivity contribution in [1.29, 1.82) is 0 Å². The molecule has 0 spiro atoms. The quantitative estimate of drug-likeness (QED) is 0.566. The van der Waals surface area contributed by atoms with Crippen LogP contribution in [0.5, 0.6) is 0 Å². The highest BCUT2D eigenvalue weighted by molar-refractivity contribution is 7.57. The largest absolute Gasteiger partial charge is 0.101 e. The van der Waals surface area contributed by atoms with E-state index in [1.165, 1.54) is 18.5 Å². The first-order valence-corrected chi connectivity index (χ1v) is 7.40. The van der Waals surface area contributed by atoms with E-state index in [-0.39, 0.29) is 0 Å². The summed E-state index contributed by atoms with van der Waals surface area (Å²) in [6.07, 6.45) is 4.38. The van der Waals surface area contributed by atoms with Gasteiger partial charge in [-0.15, -0.1) is 7.92 Å². The van der Waals surface area contributed by atoms with Crippen molar-refractivity contribution in [2.45, 2.75) is 25.4 Å². The Morgan fingerprint density at radius 1 is 1.36 bits per heavy atom. The molecule has 14 heavy (non-hydrogen) atoms. The lowest BCUT2D eigenvalue weighted by atomic mass is 9.73. The van der Waals surface area contributed by atoms with Crippen LogP contribution in [0.15, 0.2) is 24.3 Å². The summed E-state index contributed by atoms with van der Waals surface area (Å²) in [5, 5.41) is 0. The first-order valence-electron chi connectivity index (χ1n) is 5.51. The summed E-state index contributed by atoms with van der Waals surface area (Å²) in [6, 6.07) is 9.13. The fraction of sp³-hybridized carbons (Fsp3) is 0.538. The highest BCUT2D eigenvalue weighted by Crippen LogP contribution is 2.62. The molecule has 0 N–H and O–H groups in total. The van der Waals surface area contributed by atoms with E-state index in [2.05, 4.69) is 38.1 Å². The maximum absolute atomic E-state index is 2.48. The summed E-state index contributed by atoms with van der Waals surface area (Å²) < 4.78 is 0. The second-order valence-electron chi connectivity index (χ2n) is 5.15. The molecule has 1 heteroatoms. The number of hydrogen-bond donors (Lipinski definition) is 0. The fourth-order valence-corrected chi connectivity index (χ4v) is 6.92. The smallest absolute Gasteiger partial charge is 0.000418 e. The van der Waals surface area contributed by atoms with Crippen LogP contribution in [0.25, 0.3) is 0 Å². The number of hydrogen-bond acceptors (Lipinski definition) is 0. The van der Waals surface area contributed by atoms with Crippen molar-refractivity contribution < 1.29 is 0 Å². The van der Waals surface area contributed by atoms with Gasteiger partial charge in [-0.2, -0.15) is 0 Å². The second kappa shape index (κ2) is 2.83. The van der Waals surface area contributed by atoms with E-state index in [9.17, 15) is 0 Å². The van der Waals surface area contributed by atoms with Crippen LogP contribution in [0.4, 0.5) is 0 Å². The van der Waals surface area contributed by atoms with E-state index < -0.39 is 0 Å². The summed E-state index contributed by atoms with van der Waals surface area (Å²) >= 11 is 0. The molecule has 2 heterocycles. The molecule has 2 bridgehead atoms. The van der Waals surface area contributed by atoms with E-state index in [1.807, 2.05) is 0 Å². The van der Waals surface area contributed by atoms with Gasteiger partial charge in [0.1, 0.15) is 0 Å². The Hall–Kier alpha value is -0.350. The van der Waals surface area contributed by atoms with Crippen molar-refractivity contribution in [2.24, 2.45) is 5.92 Å². The van der Waals surface area contributed by atoms with Crippen LogP contribution in [0.1, 0.15) is 25.0 Å². The van der Waals surface area contributed by atoms with Crippen molar-refractivity contribution in [3.8, 4) is 0 Å². The average molecular weight is 204 g/mol. The molecule has 2 aliphatic heterocycles. The summed E-state index contributed by atoms with van der Waals surface area (Å²) in [5.74, 6) is 0.900. The normalized spacial score (nSPS) is 39.6. The molecule has 0 aliphatic carbocycles. The zero-order valence-electron chi connectivity index (χ0n) is 8.96. The van der Waals surface area contributed by atoms with Crippen LogP contribution in [0.2, 0.25) is 0 Å². The molecule has 1 aromatic carbocycles. The lowest BCUT2D eigenvalue weighted by Crippen LogP contribution is -2.31. The molecule has 0 nitrogen and oxygen atoms in total. The van der Waals surface area contributed by atoms with Crippen LogP contribution in [-0.4, -0.2) is 12.3 Å². The zero-order valence-corrected chi connectivity index (χ0v) is 9.85. The van der Waals surface area contributed by atoms with Gasteiger partial charge in [0.15, 0.2) is 0 Å². The fourth-order valence-electron chi connectivity index (χ4n) is 3.20. The molecule has 3 atom stereocenters. The molecule has 0 amide bonds. The standard InChI is InChI=1S/C13H17P/c1-10-7-14-8-11-5-3-4-6-12(11)13(10,2)9-14/h3-6,10H,7-9H2,1-2H3/t10-,13+,14+/m1/s1. The second-order valence-corrected chi connectivity index (χ2v) is 7.48. The van der Waals surface area contributed by atoms with E-state index >= 15 is 0 Å². The van der Waals surface area contributed by atoms with Gasteiger partial charge in [0, 0.05) is 0 Å². The molecule has 3 rings (SSSR count). The summed E-state index contributed by atoms with van der Waals surface area (Å²) in [7, 11) is 0.330. The molecule has 74 valence electrons. The minimum atomic E-state index is 0.330. The number of fused-ring (bicyclic) bond motifs is 4. The third kappa shape index (κ3) is 1.04. The topological polar surface area (TPSA) is 0 Å². The number of benzene rings is 1. The minimum absolute atomic E-state index is 0.330. The van der Waals surface area contributed by atoms with Gasteiger partial charge in [-0.3, -0.25) is 0 Å². The predicted molar refractivity (Wildman–Crippen MR) is 63.3 cm³/mol. The Morgan fingerprint density at radius 2 is 2.14 bits per heavy atom. The Labute approximate surface area is 87.5 Å². The lowest BCUT2D eigenvalue weighted by molar-refractivity contribution is 0.402. The van der Waals surface area contributed by atoms with Gasteiger partial charge in [-0.1, -0.05) is 38.1 Å². The maximum Gasteiger partial charge on any atom is -0.000418 e. The molecule has 1 aromatic rings. The monoisotopic (exact) mass is 204 g/mol. The minimum Gasteiger partial charge on any atom is -0.101 e. The zero-order chi connectivity index (χ0) is 9.76. The summed E-state index contributed by atoms with van der Waals surface area (Å²) in [6.45, 7) is 4.93. The van der Waals surface area contributed by atoms with Crippen molar-refractivity contribution in [3.05, 3.63) is 35.4 Å². The van der Waals surface area contributed by atoms with Gasteiger partial charge in [0.05, 0.1) is 0 Å². The summed E-state index contributed by atoms with van der Waals surface area (Å²) in [4.78, 5) is 0. The van der Waals surface area contributed by atoms with Gasteiger partial charge in [0.2, 0.25) is 0 Å². The van der Waals surface area contributed by atoms with Crippen molar-refractivity contribution in [3.63, 3.8) is 0 Å². The van der Waals surface area contributed by atoms with Crippen molar-refractivity contribution >= 4 is 7.92 Å². The third-order valence-corrected chi connectivity index (χ3v) is 7.15. The molecule has 0 unspecified atom stereocenters. The van der Waals surface area contributed by atoms with Crippen molar-refractivity contribution in [1.82, 2.24) is 0 Å². The lowest BCUT2D eigenvalue weighted by Gasteiger charge is -2.34. The molecule has 0 aromatic heterocycles. The maximum atomic E-state index is 2.48. The Bertz CT molecular complexity index is 371. The van der Waals surface area contributed by atoms with E-state index in [4.69, 9.17) is 0 Å². The Balaban J connectivity index is 2.19. The Kier molecular flexibility index (Phi) is 1.80. The molecule has 2 aliphatic rings. The van der Waals surface area contributed by atoms with E-state index in [0.717, 1.165) is 5.92 Å². The Morgan fingerprint density at radius 3 is 3.00 bits per heavy atom. The van der Waals surface area contributed by atoms with Gasteiger partial charge in [0.25, 0.3) is 0 Å². The highest BCUT2D eigenvalue weighted by Gasteiger charge is 2.46. The highest BCUT2D eigenvalue weighted by atomic mass is 31.1. The molecule has 1 fully saturated rings. The van der Waals surface area contributed by atoms with Crippen molar-refractivity contribution in [2.75, 3.05) is 12.3 Å².